The van der Waals surface area contributed by atoms with E-state index in [-0.39, 0.29) is 23.6 Å². The maximum atomic E-state index is 13.0. The number of hydrogen-bond acceptors (Lipinski definition) is 6. The van der Waals surface area contributed by atoms with Crippen LogP contribution in [0.1, 0.15) is 75.3 Å². The number of rotatable bonds is 2. The molecule has 2 saturated heterocycles. The van der Waals surface area contributed by atoms with Crippen molar-refractivity contribution in [3.05, 3.63) is 46.6 Å². The quantitative estimate of drug-likeness (QED) is 0.538. The highest BCUT2D eigenvalue weighted by molar-refractivity contribution is 7.84. The number of amides is 1. The molecule has 0 N–H and O–H groups in total. The van der Waals surface area contributed by atoms with Crippen LogP contribution in [0.4, 0.5) is 10.6 Å². The fourth-order valence-corrected chi connectivity index (χ4v) is 7.65. The molecule has 2 aliphatic heterocycles. The van der Waals surface area contributed by atoms with E-state index in [1.54, 1.807) is 6.26 Å². The maximum Gasteiger partial charge on any atom is 0.410 e. The van der Waals surface area contributed by atoms with Crippen molar-refractivity contribution in [2.45, 2.75) is 100 Å². The first-order chi connectivity index (χ1) is 17.6. The standard InChI is InChI=1S/C29H38N4O3S/c1-28(2,3)36-27(34)33-20-11-12-21(33)18-32(17-20)25-22-13-15-29(16-24(22)30-26(31-25)37(4)35)14-7-9-19-8-5-6-10-23(19)29/h5-6,8,10,20-21H,7,9,11-18H2,1-4H3/t20-,21+,29?,37?. The number of hydrogen-bond donors (Lipinski definition) is 0. The van der Waals surface area contributed by atoms with Crippen LogP contribution in [0.5, 0.6) is 0 Å². The molecule has 8 heteroatoms. The van der Waals surface area contributed by atoms with Crippen molar-refractivity contribution < 1.29 is 13.7 Å². The summed E-state index contributed by atoms with van der Waals surface area (Å²) in [5.74, 6) is 0.940. The zero-order valence-electron chi connectivity index (χ0n) is 22.5. The van der Waals surface area contributed by atoms with Gasteiger partial charge in [0, 0.05) is 30.3 Å². The third-order valence-corrected chi connectivity index (χ3v) is 9.44. The van der Waals surface area contributed by atoms with Crippen molar-refractivity contribution >= 4 is 22.7 Å². The summed E-state index contributed by atoms with van der Waals surface area (Å²) in [6.45, 7) is 7.20. The zero-order valence-corrected chi connectivity index (χ0v) is 23.3. The van der Waals surface area contributed by atoms with Gasteiger partial charge in [-0.2, -0.15) is 0 Å². The maximum absolute atomic E-state index is 13.0. The van der Waals surface area contributed by atoms with Crippen LogP contribution in [0.25, 0.3) is 0 Å². The van der Waals surface area contributed by atoms with E-state index in [0.717, 1.165) is 63.1 Å². The second kappa shape index (κ2) is 9.07. The largest absolute Gasteiger partial charge is 0.444 e. The Kier molecular flexibility index (Phi) is 6.09. The molecule has 2 unspecified atom stereocenters. The number of anilines is 1. The van der Waals surface area contributed by atoms with E-state index in [2.05, 4.69) is 29.2 Å². The van der Waals surface area contributed by atoms with Gasteiger partial charge in [0.25, 0.3) is 0 Å². The van der Waals surface area contributed by atoms with Crippen molar-refractivity contribution in [3.8, 4) is 0 Å². The number of aryl methyl sites for hydroxylation is 1. The van der Waals surface area contributed by atoms with Gasteiger partial charge in [0.05, 0.1) is 28.6 Å². The molecule has 198 valence electrons. The Morgan fingerprint density at radius 1 is 1.08 bits per heavy atom. The highest BCUT2D eigenvalue weighted by Crippen LogP contribution is 2.47. The van der Waals surface area contributed by atoms with E-state index >= 15 is 0 Å². The zero-order chi connectivity index (χ0) is 25.9. The fourth-order valence-electron chi connectivity index (χ4n) is 7.20. The molecule has 2 aliphatic carbocycles. The summed E-state index contributed by atoms with van der Waals surface area (Å²) in [6.07, 6.45) is 9.82. The molecule has 0 radical (unpaired) electrons. The van der Waals surface area contributed by atoms with E-state index in [4.69, 9.17) is 14.7 Å². The van der Waals surface area contributed by atoms with Gasteiger partial charge in [0.1, 0.15) is 11.4 Å². The Balaban J connectivity index is 1.33. The van der Waals surface area contributed by atoms with Gasteiger partial charge in [-0.05, 0) is 83.3 Å². The number of piperazine rings is 1. The normalized spacial score (nSPS) is 27.6. The molecular formula is C29H38N4O3S. The molecule has 3 heterocycles. The third-order valence-electron chi connectivity index (χ3n) is 8.74. The topological polar surface area (TPSA) is 75.6 Å². The van der Waals surface area contributed by atoms with Crippen LogP contribution in [-0.4, -0.2) is 62.2 Å². The van der Waals surface area contributed by atoms with E-state index in [0.29, 0.717) is 5.16 Å². The lowest BCUT2D eigenvalue weighted by Crippen LogP contribution is -2.57. The monoisotopic (exact) mass is 522 g/mol. The van der Waals surface area contributed by atoms with Crippen LogP contribution >= 0.6 is 0 Å². The molecule has 6 rings (SSSR count). The van der Waals surface area contributed by atoms with Gasteiger partial charge in [-0.3, -0.25) is 9.11 Å². The minimum atomic E-state index is -1.26. The summed E-state index contributed by atoms with van der Waals surface area (Å²) in [6, 6.07) is 9.12. The van der Waals surface area contributed by atoms with Gasteiger partial charge >= 0.3 is 6.09 Å². The molecule has 4 atom stereocenters. The average molecular weight is 523 g/mol. The molecule has 4 aliphatic rings. The highest BCUT2D eigenvalue weighted by Gasteiger charge is 2.46. The minimum absolute atomic E-state index is 0.106. The van der Waals surface area contributed by atoms with Crippen LogP contribution in [0, 0.1) is 0 Å². The molecule has 0 saturated carbocycles. The predicted molar refractivity (Wildman–Crippen MR) is 145 cm³/mol. The Labute approximate surface area is 222 Å². The van der Waals surface area contributed by atoms with Crippen LogP contribution in [0.2, 0.25) is 0 Å². The van der Waals surface area contributed by atoms with Crippen LogP contribution in [0.15, 0.2) is 29.4 Å². The molecule has 1 amide bonds. The summed E-state index contributed by atoms with van der Waals surface area (Å²) in [5.41, 5.74) is 4.84. The van der Waals surface area contributed by atoms with Crippen LogP contribution in [-0.2, 0) is 40.2 Å². The SMILES string of the molecule is CS(=O)c1nc2c(c(N3C[C@H]4CC[C@@H](C3)N4C(=O)OC(C)(C)C)n1)CCC1(CCCc3ccccc31)C2. The summed E-state index contributed by atoms with van der Waals surface area (Å²) < 4.78 is 18.4. The Morgan fingerprint density at radius 2 is 1.81 bits per heavy atom. The highest BCUT2D eigenvalue weighted by atomic mass is 32.2. The van der Waals surface area contributed by atoms with Gasteiger partial charge in [0.15, 0.2) is 0 Å². The fraction of sp³-hybridized carbons (Fsp3) is 0.621. The van der Waals surface area contributed by atoms with Crippen LogP contribution in [0.3, 0.4) is 0 Å². The number of aromatic nitrogens is 2. The smallest absolute Gasteiger partial charge is 0.410 e. The third kappa shape index (κ3) is 4.45. The second-order valence-electron chi connectivity index (χ2n) is 12.4. The molecule has 1 aromatic heterocycles. The molecular weight excluding hydrogens is 484 g/mol. The number of nitrogens with zero attached hydrogens (tertiary/aromatic N) is 4. The summed E-state index contributed by atoms with van der Waals surface area (Å²) in [5, 5.41) is 0.428. The Morgan fingerprint density at radius 3 is 2.51 bits per heavy atom. The molecule has 1 aromatic carbocycles. The van der Waals surface area contributed by atoms with Crippen LogP contribution < -0.4 is 4.90 Å². The molecule has 7 nitrogen and oxygen atoms in total. The van der Waals surface area contributed by atoms with Gasteiger partial charge < -0.3 is 9.64 Å². The number of carbonyl (C=O) groups excluding carboxylic acids is 1. The average Bonchev–Trinajstić information content (AvgIpc) is 3.12. The molecule has 2 fully saturated rings. The number of benzene rings is 1. The van der Waals surface area contributed by atoms with Gasteiger partial charge in [-0.1, -0.05) is 24.3 Å². The molecule has 2 bridgehead atoms. The first kappa shape index (κ1) is 24.8. The van der Waals surface area contributed by atoms with E-state index in [1.165, 1.54) is 29.5 Å². The van der Waals surface area contributed by atoms with Crippen molar-refractivity contribution in [2.24, 2.45) is 0 Å². The van der Waals surface area contributed by atoms with E-state index < -0.39 is 16.4 Å². The minimum Gasteiger partial charge on any atom is -0.444 e. The Bertz CT molecular complexity index is 1240. The first-order valence-corrected chi connectivity index (χ1v) is 15.3. The Hall–Kier alpha value is -2.48. The molecule has 37 heavy (non-hydrogen) atoms. The molecule has 1 spiro atoms. The van der Waals surface area contributed by atoms with Crippen molar-refractivity contribution in [1.82, 2.24) is 14.9 Å². The van der Waals surface area contributed by atoms with Crippen molar-refractivity contribution in [1.29, 1.82) is 0 Å². The number of ether oxygens (including phenoxy) is 1. The van der Waals surface area contributed by atoms with Gasteiger partial charge in [-0.15, -0.1) is 0 Å². The summed E-state index contributed by atoms with van der Waals surface area (Å²) in [7, 11) is -1.26. The molecule has 2 aromatic rings. The number of fused-ring (bicyclic) bond motifs is 5. The van der Waals surface area contributed by atoms with E-state index in [9.17, 15) is 9.00 Å². The van der Waals surface area contributed by atoms with Gasteiger partial charge in [-0.25, -0.2) is 14.8 Å². The first-order valence-electron chi connectivity index (χ1n) is 13.7. The second-order valence-corrected chi connectivity index (χ2v) is 13.6. The summed E-state index contributed by atoms with van der Waals surface area (Å²) >= 11 is 0. The summed E-state index contributed by atoms with van der Waals surface area (Å²) in [4.78, 5) is 27.1. The lowest BCUT2D eigenvalue weighted by atomic mass is 9.62. The lowest BCUT2D eigenvalue weighted by molar-refractivity contribution is 0.0122. The van der Waals surface area contributed by atoms with E-state index in [1.807, 2.05) is 25.7 Å². The lowest BCUT2D eigenvalue weighted by Gasteiger charge is -2.45. The van der Waals surface area contributed by atoms with Gasteiger partial charge in [0.2, 0.25) is 5.16 Å². The van der Waals surface area contributed by atoms with Crippen molar-refractivity contribution in [2.75, 3.05) is 24.2 Å². The van der Waals surface area contributed by atoms with Crippen molar-refractivity contribution in [3.63, 3.8) is 0 Å². The predicted octanol–water partition coefficient (Wildman–Crippen LogP) is 4.57. The number of carbonyl (C=O) groups is 1.